The number of carbonyl (C=O) groups is 1. The molecule has 0 saturated heterocycles. The van der Waals surface area contributed by atoms with Crippen LogP contribution in [0.1, 0.15) is 30.6 Å². The lowest BCUT2D eigenvalue weighted by atomic mass is 10.0. The van der Waals surface area contributed by atoms with Gasteiger partial charge >= 0.3 is 0 Å². The number of nitrogens with one attached hydrogen (secondary N) is 1. The van der Waals surface area contributed by atoms with E-state index in [9.17, 15) is 4.79 Å². The van der Waals surface area contributed by atoms with Crippen molar-refractivity contribution in [1.29, 1.82) is 0 Å². The molecule has 10 heteroatoms. The van der Waals surface area contributed by atoms with Crippen molar-refractivity contribution in [3.63, 3.8) is 0 Å². The molecule has 3 aromatic carbocycles. The van der Waals surface area contributed by atoms with Gasteiger partial charge in [-0.15, -0.1) is 0 Å². The number of aromatic nitrogens is 2. The van der Waals surface area contributed by atoms with E-state index in [1.54, 1.807) is 73.0 Å². The van der Waals surface area contributed by atoms with Gasteiger partial charge in [-0.3, -0.25) is 4.79 Å². The Hall–Kier alpha value is -4.73. The Labute approximate surface area is 245 Å². The van der Waals surface area contributed by atoms with Crippen LogP contribution in [0.4, 0.5) is 0 Å². The van der Waals surface area contributed by atoms with E-state index in [4.69, 9.17) is 38.4 Å². The molecule has 10 nitrogen and oxygen atoms in total. The molecule has 0 aliphatic carbocycles. The van der Waals surface area contributed by atoms with Gasteiger partial charge in [-0.1, -0.05) is 13.8 Å². The number of fused-ring (bicyclic) bond motifs is 1. The highest BCUT2D eigenvalue weighted by Crippen LogP contribution is 2.45. The second-order valence-electron chi connectivity index (χ2n) is 9.89. The predicted molar refractivity (Wildman–Crippen MR) is 162 cm³/mol. The summed E-state index contributed by atoms with van der Waals surface area (Å²) in [5.74, 6) is 3.10. The number of ether oxygens (including phenoxy) is 6. The van der Waals surface area contributed by atoms with Crippen molar-refractivity contribution < 1.29 is 33.2 Å². The minimum atomic E-state index is -0.164. The van der Waals surface area contributed by atoms with E-state index in [1.807, 2.05) is 12.1 Å². The predicted octanol–water partition coefficient (Wildman–Crippen LogP) is 5.79. The molecule has 0 unspecified atom stereocenters. The first-order valence-corrected chi connectivity index (χ1v) is 13.5. The molecule has 222 valence electrons. The van der Waals surface area contributed by atoms with E-state index >= 15 is 0 Å². The Morgan fingerprint density at radius 3 is 1.52 bits per heavy atom. The number of methoxy groups -OCH3 is 6. The number of hydrogen-bond donors (Lipinski definition) is 1. The number of hydrogen-bond acceptors (Lipinski definition) is 9. The van der Waals surface area contributed by atoms with E-state index in [2.05, 4.69) is 19.2 Å². The highest BCUT2D eigenvalue weighted by atomic mass is 16.5. The highest BCUT2D eigenvalue weighted by molar-refractivity contribution is 5.98. The molecule has 1 heterocycles. The molecule has 1 N–H and O–H groups in total. The summed E-state index contributed by atoms with van der Waals surface area (Å²) in [5.41, 5.74) is 4.06. The maximum Gasteiger partial charge on any atom is 0.251 e. The standard InChI is InChI=1S/C32H37N3O7/c1-18(2)11-12-33-32(36)19-9-10-22-23(13-19)35-29(21-16-26(39-5)31(42-8)27(17-21)40-6)28(34-22)20-14-24(37-3)30(41-7)25(15-20)38-4/h9-10,13-18H,11-12H2,1-8H3,(H,33,36). The van der Waals surface area contributed by atoms with Gasteiger partial charge in [-0.05, 0) is 54.8 Å². The summed E-state index contributed by atoms with van der Waals surface area (Å²) in [7, 11) is 9.32. The van der Waals surface area contributed by atoms with Gasteiger partial charge in [0.15, 0.2) is 23.0 Å². The Balaban J connectivity index is 1.97. The maximum absolute atomic E-state index is 12.9. The molecule has 0 fully saturated rings. The maximum atomic E-state index is 12.9. The molecule has 0 spiro atoms. The fourth-order valence-corrected chi connectivity index (χ4v) is 4.61. The topological polar surface area (TPSA) is 110 Å². The third kappa shape index (κ3) is 6.12. The van der Waals surface area contributed by atoms with Gasteiger partial charge in [-0.25, -0.2) is 9.97 Å². The van der Waals surface area contributed by atoms with Crippen LogP contribution in [0.2, 0.25) is 0 Å². The molecule has 1 amide bonds. The van der Waals surface area contributed by atoms with Crippen LogP contribution in [0.15, 0.2) is 42.5 Å². The number of nitrogens with zero attached hydrogens (tertiary/aromatic N) is 2. The molecule has 0 aliphatic rings. The second-order valence-corrected chi connectivity index (χ2v) is 9.89. The molecule has 4 rings (SSSR count). The monoisotopic (exact) mass is 575 g/mol. The van der Waals surface area contributed by atoms with Crippen LogP contribution in [-0.4, -0.2) is 65.1 Å². The van der Waals surface area contributed by atoms with E-state index in [-0.39, 0.29) is 5.91 Å². The average molecular weight is 576 g/mol. The largest absolute Gasteiger partial charge is 0.493 e. The molecule has 4 aromatic rings. The first-order chi connectivity index (χ1) is 20.3. The van der Waals surface area contributed by atoms with E-state index < -0.39 is 0 Å². The molecule has 42 heavy (non-hydrogen) atoms. The van der Waals surface area contributed by atoms with Gasteiger partial charge in [0.2, 0.25) is 11.5 Å². The van der Waals surface area contributed by atoms with Gasteiger partial charge in [0.25, 0.3) is 5.91 Å². The summed E-state index contributed by atoms with van der Waals surface area (Å²) < 4.78 is 33.5. The lowest BCUT2D eigenvalue weighted by Crippen LogP contribution is -2.25. The molecule has 0 bridgehead atoms. The molecular formula is C32H37N3O7. The molecule has 0 aliphatic heterocycles. The van der Waals surface area contributed by atoms with Gasteiger partial charge in [0.1, 0.15) is 0 Å². The SMILES string of the molecule is COc1cc(-c2nc3ccc(C(=O)NCCC(C)C)cc3nc2-c2cc(OC)c(OC)c(OC)c2)cc(OC)c1OC. The van der Waals surface area contributed by atoms with Crippen molar-refractivity contribution in [2.75, 3.05) is 49.2 Å². The van der Waals surface area contributed by atoms with Crippen LogP contribution in [0.25, 0.3) is 33.5 Å². The third-order valence-electron chi connectivity index (χ3n) is 6.81. The van der Waals surface area contributed by atoms with Crippen molar-refractivity contribution in [1.82, 2.24) is 15.3 Å². The van der Waals surface area contributed by atoms with Gasteiger partial charge in [-0.2, -0.15) is 0 Å². The average Bonchev–Trinajstić information content (AvgIpc) is 3.01. The van der Waals surface area contributed by atoms with Crippen molar-refractivity contribution >= 4 is 16.9 Å². The fourth-order valence-electron chi connectivity index (χ4n) is 4.61. The molecule has 0 atom stereocenters. The van der Waals surface area contributed by atoms with Gasteiger partial charge in [0, 0.05) is 23.2 Å². The number of amides is 1. The summed E-state index contributed by atoms with van der Waals surface area (Å²) in [6.07, 6.45) is 0.891. The first-order valence-electron chi connectivity index (χ1n) is 13.5. The molecule has 0 radical (unpaired) electrons. The smallest absolute Gasteiger partial charge is 0.251 e. The van der Waals surface area contributed by atoms with Crippen molar-refractivity contribution in [3.05, 3.63) is 48.0 Å². The summed E-state index contributed by atoms with van der Waals surface area (Å²) in [5, 5.41) is 2.98. The van der Waals surface area contributed by atoms with Crippen LogP contribution in [0, 0.1) is 5.92 Å². The second kappa shape index (κ2) is 13.3. The number of benzene rings is 3. The fraction of sp³-hybridized carbons (Fsp3) is 0.344. The van der Waals surface area contributed by atoms with Crippen LogP contribution in [0.5, 0.6) is 34.5 Å². The van der Waals surface area contributed by atoms with E-state index in [0.717, 1.165) is 6.42 Å². The van der Waals surface area contributed by atoms with Crippen LogP contribution in [-0.2, 0) is 0 Å². The lowest BCUT2D eigenvalue weighted by Gasteiger charge is -2.18. The van der Waals surface area contributed by atoms with Crippen LogP contribution >= 0.6 is 0 Å². The summed E-state index contributed by atoms with van der Waals surface area (Å²) in [4.78, 5) is 22.9. The Morgan fingerprint density at radius 1 is 0.667 bits per heavy atom. The Kier molecular flexibility index (Phi) is 9.57. The molecule has 0 saturated carbocycles. The number of rotatable bonds is 12. The van der Waals surface area contributed by atoms with Crippen molar-refractivity contribution in [2.24, 2.45) is 5.92 Å². The zero-order valence-corrected chi connectivity index (χ0v) is 25.3. The minimum Gasteiger partial charge on any atom is -0.493 e. The normalized spacial score (nSPS) is 10.9. The summed E-state index contributed by atoms with van der Waals surface area (Å²) in [6, 6.07) is 12.5. The lowest BCUT2D eigenvalue weighted by molar-refractivity contribution is 0.0952. The Bertz CT molecular complexity index is 1540. The van der Waals surface area contributed by atoms with E-state index in [0.29, 0.717) is 86.1 Å². The minimum absolute atomic E-state index is 0.164. The van der Waals surface area contributed by atoms with Crippen LogP contribution < -0.4 is 33.7 Å². The molecular weight excluding hydrogens is 538 g/mol. The zero-order valence-electron chi connectivity index (χ0n) is 25.3. The Morgan fingerprint density at radius 2 is 1.12 bits per heavy atom. The van der Waals surface area contributed by atoms with Crippen molar-refractivity contribution in [2.45, 2.75) is 20.3 Å². The van der Waals surface area contributed by atoms with Crippen LogP contribution in [0.3, 0.4) is 0 Å². The first kappa shape index (κ1) is 30.2. The number of carbonyl (C=O) groups excluding carboxylic acids is 1. The van der Waals surface area contributed by atoms with Gasteiger partial charge < -0.3 is 33.7 Å². The summed E-state index contributed by atoms with van der Waals surface area (Å²) in [6.45, 7) is 4.83. The van der Waals surface area contributed by atoms with E-state index in [1.165, 1.54) is 0 Å². The quantitative estimate of drug-likeness (QED) is 0.224. The highest BCUT2D eigenvalue weighted by Gasteiger charge is 2.22. The van der Waals surface area contributed by atoms with Gasteiger partial charge in [0.05, 0.1) is 65.1 Å². The van der Waals surface area contributed by atoms with Crippen molar-refractivity contribution in [3.8, 4) is 57.0 Å². The summed E-state index contributed by atoms with van der Waals surface area (Å²) >= 11 is 0. The zero-order chi connectivity index (χ0) is 30.4. The third-order valence-corrected chi connectivity index (χ3v) is 6.81. The molecule has 1 aromatic heterocycles.